The summed E-state index contributed by atoms with van der Waals surface area (Å²) in [6, 6.07) is 5.00. The van der Waals surface area contributed by atoms with E-state index in [1.807, 2.05) is 0 Å². The van der Waals surface area contributed by atoms with Crippen molar-refractivity contribution in [3.05, 3.63) is 18.2 Å². The summed E-state index contributed by atoms with van der Waals surface area (Å²) >= 11 is 0. The first-order valence-corrected chi connectivity index (χ1v) is 9.26. The van der Waals surface area contributed by atoms with Crippen molar-refractivity contribution in [2.45, 2.75) is 25.9 Å². The highest BCUT2D eigenvalue weighted by Gasteiger charge is 2.29. The molecular weight excluding hydrogens is 320 g/mol. The van der Waals surface area contributed by atoms with E-state index in [0.29, 0.717) is 23.5 Å². The Balaban J connectivity index is 1.63. The van der Waals surface area contributed by atoms with Gasteiger partial charge in [-0.15, -0.1) is 0 Å². The van der Waals surface area contributed by atoms with Crippen LogP contribution in [0.4, 0.5) is 11.4 Å². The summed E-state index contributed by atoms with van der Waals surface area (Å²) in [5.74, 6) is 0.191. The first kappa shape index (κ1) is 15.8. The van der Waals surface area contributed by atoms with Crippen LogP contribution in [0.1, 0.15) is 19.8 Å². The maximum absolute atomic E-state index is 12.0. The summed E-state index contributed by atoms with van der Waals surface area (Å²) in [5.41, 5.74) is 1.04. The Morgan fingerprint density at radius 2 is 2.22 bits per heavy atom. The topological polar surface area (TPSA) is 102 Å². The van der Waals surface area contributed by atoms with E-state index in [9.17, 15) is 18.0 Å². The van der Waals surface area contributed by atoms with Crippen LogP contribution in [0.2, 0.25) is 0 Å². The van der Waals surface area contributed by atoms with E-state index in [4.69, 9.17) is 4.74 Å². The van der Waals surface area contributed by atoms with Gasteiger partial charge in [0.1, 0.15) is 5.75 Å². The van der Waals surface area contributed by atoms with Crippen LogP contribution >= 0.6 is 0 Å². The average Bonchev–Trinajstić information content (AvgIpc) is 2.79. The standard InChI is InChI=1S/C15H18N2O5S/c1-9-15(19)17-12-7-11(2-3-13(12)22-9)16-14(18)6-10-4-5-23(20,21)8-10/h2-3,7,9-10H,4-6,8H2,1H3,(H,16,18)(H,17,19)/t9-,10-/m1/s1. The average molecular weight is 338 g/mol. The molecule has 1 aromatic rings. The first-order valence-electron chi connectivity index (χ1n) is 7.44. The second-order valence-electron chi connectivity index (χ2n) is 5.98. The molecular formula is C15H18N2O5S. The molecule has 2 aliphatic rings. The summed E-state index contributed by atoms with van der Waals surface area (Å²) in [4.78, 5) is 23.6. The summed E-state index contributed by atoms with van der Waals surface area (Å²) < 4.78 is 28.3. The Labute approximate surface area is 134 Å². The Morgan fingerprint density at radius 1 is 1.43 bits per heavy atom. The van der Waals surface area contributed by atoms with Crippen molar-refractivity contribution in [2.75, 3.05) is 22.1 Å². The fourth-order valence-corrected chi connectivity index (χ4v) is 4.66. The number of carbonyl (C=O) groups excluding carboxylic acids is 2. The number of rotatable bonds is 3. The van der Waals surface area contributed by atoms with Gasteiger partial charge in [-0.1, -0.05) is 0 Å². The van der Waals surface area contributed by atoms with Crippen LogP contribution < -0.4 is 15.4 Å². The van der Waals surface area contributed by atoms with E-state index in [1.54, 1.807) is 25.1 Å². The van der Waals surface area contributed by atoms with Gasteiger partial charge >= 0.3 is 0 Å². The lowest BCUT2D eigenvalue weighted by atomic mass is 10.0. The minimum absolute atomic E-state index is 0.0758. The number of hydrogen-bond acceptors (Lipinski definition) is 5. The van der Waals surface area contributed by atoms with Crippen molar-refractivity contribution in [1.82, 2.24) is 0 Å². The molecule has 0 aromatic heterocycles. The molecule has 0 saturated carbocycles. The van der Waals surface area contributed by atoms with Crippen LogP contribution in [-0.4, -0.2) is 37.8 Å². The van der Waals surface area contributed by atoms with Crippen LogP contribution in [0.15, 0.2) is 18.2 Å². The maximum atomic E-state index is 12.0. The highest BCUT2D eigenvalue weighted by molar-refractivity contribution is 7.91. The summed E-state index contributed by atoms with van der Waals surface area (Å²) in [6.45, 7) is 1.66. The minimum atomic E-state index is -2.98. The molecule has 8 heteroatoms. The number of ether oxygens (including phenoxy) is 1. The molecule has 1 saturated heterocycles. The van der Waals surface area contributed by atoms with Gasteiger partial charge in [0.15, 0.2) is 15.9 Å². The van der Waals surface area contributed by atoms with Gasteiger partial charge in [0.2, 0.25) is 5.91 Å². The third kappa shape index (κ3) is 3.64. The van der Waals surface area contributed by atoms with Crippen molar-refractivity contribution in [3.8, 4) is 5.75 Å². The van der Waals surface area contributed by atoms with Gasteiger partial charge in [0.05, 0.1) is 17.2 Å². The van der Waals surface area contributed by atoms with Crippen LogP contribution in [0.3, 0.4) is 0 Å². The first-order chi connectivity index (χ1) is 10.8. The highest BCUT2D eigenvalue weighted by atomic mass is 32.2. The van der Waals surface area contributed by atoms with Crippen molar-refractivity contribution < 1.29 is 22.7 Å². The normalized spacial score (nSPS) is 25.2. The van der Waals surface area contributed by atoms with Gasteiger partial charge in [0, 0.05) is 12.1 Å². The van der Waals surface area contributed by atoms with Crippen LogP contribution in [0, 0.1) is 5.92 Å². The van der Waals surface area contributed by atoms with Gasteiger partial charge in [-0.25, -0.2) is 8.42 Å². The predicted molar refractivity (Wildman–Crippen MR) is 85.2 cm³/mol. The molecule has 2 N–H and O–H groups in total. The zero-order valence-corrected chi connectivity index (χ0v) is 13.5. The molecule has 2 heterocycles. The Kier molecular flexibility index (Phi) is 4.01. The second-order valence-corrected chi connectivity index (χ2v) is 8.21. The minimum Gasteiger partial charge on any atom is -0.479 e. The highest BCUT2D eigenvalue weighted by Crippen LogP contribution is 2.32. The van der Waals surface area contributed by atoms with E-state index in [-0.39, 0.29) is 35.7 Å². The molecule has 2 amide bonds. The quantitative estimate of drug-likeness (QED) is 0.861. The van der Waals surface area contributed by atoms with Crippen molar-refractivity contribution in [3.63, 3.8) is 0 Å². The number of hydrogen-bond donors (Lipinski definition) is 2. The van der Waals surface area contributed by atoms with Gasteiger partial charge in [0.25, 0.3) is 5.91 Å². The molecule has 0 unspecified atom stereocenters. The molecule has 1 fully saturated rings. The fraction of sp³-hybridized carbons (Fsp3) is 0.467. The molecule has 0 aliphatic carbocycles. The van der Waals surface area contributed by atoms with E-state index in [0.717, 1.165) is 0 Å². The SMILES string of the molecule is C[C@H]1Oc2ccc(NC(=O)C[C@H]3CCS(=O)(=O)C3)cc2NC1=O. The lowest BCUT2D eigenvalue weighted by Crippen LogP contribution is -2.34. The maximum Gasteiger partial charge on any atom is 0.265 e. The Bertz CT molecular complexity index is 759. The Morgan fingerprint density at radius 3 is 2.91 bits per heavy atom. The molecule has 0 radical (unpaired) electrons. The van der Waals surface area contributed by atoms with Crippen LogP contribution in [0.5, 0.6) is 5.75 Å². The number of anilines is 2. The molecule has 0 bridgehead atoms. The summed E-state index contributed by atoms with van der Waals surface area (Å²) in [5, 5.41) is 5.44. The molecule has 124 valence electrons. The molecule has 0 spiro atoms. The molecule has 7 nitrogen and oxygen atoms in total. The van der Waals surface area contributed by atoms with Gasteiger partial charge in [-0.05, 0) is 37.5 Å². The third-order valence-corrected chi connectivity index (χ3v) is 5.83. The Hall–Kier alpha value is -2.09. The predicted octanol–water partition coefficient (Wildman–Crippen LogP) is 1.17. The van der Waals surface area contributed by atoms with Crippen molar-refractivity contribution >= 4 is 33.0 Å². The number of benzene rings is 1. The molecule has 23 heavy (non-hydrogen) atoms. The van der Waals surface area contributed by atoms with Gasteiger partial charge < -0.3 is 15.4 Å². The number of sulfone groups is 1. The number of nitrogens with one attached hydrogen (secondary N) is 2. The van der Waals surface area contributed by atoms with E-state index < -0.39 is 15.9 Å². The molecule has 2 aliphatic heterocycles. The van der Waals surface area contributed by atoms with Crippen molar-refractivity contribution in [1.29, 1.82) is 0 Å². The van der Waals surface area contributed by atoms with Gasteiger partial charge in [-0.2, -0.15) is 0 Å². The monoisotopic (exact) mass is 338 g/mol. The lowest BCUT2D eigenvalue weighted by Gasteiger charge is -2.23. The molecule has 2 atom stereocenters. The summed E-state index contributed by atoms with van der Waals surface area (Å²) in [6.07, 6.45) is 0.157. The zero-order valence-electron chi connectivity index (χ0n) is 12.7. The second kappa shape index (κ2) is 5.84. The van der Waals surface area contributed by atoms with Crippen molar-refractivity contribution in [2.24, 2.45) is 5.92 Å². The number of carbonyl (C=O) groups is 2. The summed E-state index contributed by atoms with van der Waals surface area (Å²) in [7, 11) is -2.98. The lowest BCUT2D eigenvalue weighted by molar-refractivity contribution is -0.122. The number of fused-ring (bicyclic) bond motifs is 1. The third-order valence-electron chi connectivity index (χ3n) is 3.99. The number of amides is 2. The van der Waals surface area contributed by atoms with Crippen LogP contribution in [0.25, 0.3) is 0 Å². The smallest absolute Gasteiger partial charge is 0.265 e. The van der Waals surface area contributed by atoms with E-state index in [1.165, 1.54) is 0 Å². The van der Waals surface area contributed by atoms with E-state index in [2.05, 4.69) is 10.6 Å². The molecule has 1 aromatic carbocycles. The van der Waals surface area contributed by atoms with E-state index >= 15 is 0 Å². The van der Waals surface area contributed by atoms with Gasteiger partial charge in [-0.3, -0.25) is 9.59 Å². The largest absolute Gasteiger partial charge is 0.479 e. The fourth-order valence-electron chi connectivity index (χ4n) is 2.79. The molecule has 3 rings (SSSR count). The zero-order chi connectivity index (χ0) is 16.6. The van der Waals surface area contributed by atoms with Crippen LogP contribution in [-0.2, 0) is 19.4 Å².